The van der Waals surface area contributed by atoms with Crippen molar-refractivity contribution in [2.75, 3.05) is 12.4 Å². The number of ketones is 1. The standard InChI is InChI=1S/C22H24N2O3S/c1-15(2)16-8-10-17(11-9-16)20(26)14-28-22-23-19-7-4-3-6-18(19)21(27)24(22)12-5-13-25/h3-4,6-11,15,25H,5,12-14H2,1-2H3. The highest BCUT2D eigenvalue weighted by molar-refractivity contribution is 7.99. The average molecular weight is 397 g/mol. The van der Waals surface area contributed by atoms with Crippen molar-refractivity contribution in [3.8, 4) is 0 Å². The molecule has 0 aliphatic carbocycles. The molecule has 0 saturated carbocycles. The predicted molar refractivity (Wildman–Crippen MR) is 113 cm³/mol. The number of thioether (sulfide) groups is 1. The van der Waals surface area contributed by atoms with Gasteiger partial charge in [0, 0.05) is 18.7 Å². The summed E-state index contributed by atoms with van der Waals surface area (Å²) in [6.45, 7) is 4.59. The van der Waals surface area contributed by atoms with E-state index in [4.69, 9.17) is 5.11 Å². The van der Waals surface area contributed by atoms with E-state index < -0.39 is 0 Å². The molecule has 0 radical (unpaired) electrons. The van der Waals surface area contributed by atoms with Crippen molar-refractivity contribution in [3.63, 3.8) is 0 Å². The number of para-hydroxylation sites is 1. The van der Waals surface area contributed by atoms with Gasteiger partial charge in [-0.2, -0.15) is 0 Å². The number of aromatic nitrogens is 2. The highest BCUT2D eigenvalue weighted by atomic mass is 32.2. The summed E-state index contributed by atoms with van der Waals surface area (Å²) in [6.07, 6.45) is 0.456. The molecule has 3 aromatic rings. The van der Waals surface area contributed by atoms with Crippen LogP contribution in [0.15, 0.2) is 58.5 Å². The van der Waals surface area contributed by atoms with Crippen molar-refractivity contribution in [2.45, 2.75) is 37.9 Å². The van der Waals surface area contributed by atoms with E-state index in [9.17, 15) is 9.59 Å². The third-order valence-electron chi connectivity index (χ3n) is 4.60. The molecule has 0 fully saturated rings. The Bertz CT molecular complexity index is 1030. The Hall–Kier alpha value is -2.44. The minimum atomic E-state index is -0.143. The second kappa shape index (κ2) is 9.17. The molecule has 1 heterocycles. The van der Waals surface area contributed by atoms with Gasteiger partial charge in [-0.05, 0) is 30.0 Å². The van der Waals surface area contributed by atoms with Gasteiger partial charge >= 0.3 is 0 Å². The van der Waals surface area contributed by atoms with Crippen molar-refractivity contribution < 1.29 is 9.90 Å². The number of rotatable bonds is 8. The zero-order chi connectivity index (χ0) is 20.1. The number of benzene rings is 2. The minimum Gasteiger partial charge on any atom is -0.396 e. The molecule has 0 bridgehead atoms. The molecule has 1 N–H and O–H groups in total. The topological polar surface area (TPSA) is 72.2 Å². The first-order valence-electron chi connectivity index (χ1n) is 9.37. The van der Waals surface area contributed by atoms with E-state index in [-0.39, 0.29) is 23.7 Å². The molecule has 0 amide bonds. The van der Waals surface area contributed by atoms with Gasteiger partial charge in [-0.15, -0.1) is 0 Å². The Labute approximate surface area is 168 Å². The Morgan fingerprint density at radius 2 is 1.86 bits per heavy atom. The van der Waals surface area contributed by atoms with Crippen molar-refractivity contribution >= 4 is 28.4 Å². The van der Waals surface area contributed by atoms with Crippen LogP contribution in [-0.4, -0.2) is 32.8 Å². The van der Waals surface area contributed by atoms with E-state index >= 15 is 0 Å². The van der Waals surface area contributed by atoms with Crippen LogP contribution in [0.5, 0.6) is 0 Å². The van der Waals surface area contributed by atoms with Crippen LogP contribution in [0.3, 0.4) is 0 Å². The van der Waals surface area contributed by atoms with Crippen molar-refractivity contribution in [3.05, 3.63) is 70.0 Å². The number of hydrogen-bond acceptors (Lipinski definition) is 5. The number of fused-ring (bicyclic) bond motifs is 1. The molecule has 3 rings (SSSR count). The predicted octanol–water partition coefficient (Wildman–Crippen LogP) is 3.88. The third kappa shape index (κ3) is 4.51. The van der Waals surface area contributed by atoms with E-state index in [1.165, 1.54) is 17.3 Å². The van der Waals surface area contributed by atoms with Crippen LogP contribution in [0.2, 0.25) is 0 Å². The monoisotopic (exact) mass is 396 g/mol. The molecule has 0 saturated heterocycles. The summed E-state index contributed by atoms with van der Waals surface area (Å²) in [4.78, 5) is 30.0. The molecular weight excluding hydrogens is 372 g/mol. The first-order chi connectivity index (χ1) is 13.5. The smallest absolute Gasteiger partial charge is 0.262 e. The van der Waals surface area contributed by atoms with Gasteiger partial charge in [0.1, 0.15) is 0 Å². The number of carbonyl (C=O) groups is 1. The fourth-order valence-electron chi connectivity index (χ4n) is 2.95. The van der Waals surface area contributed by atoms with Gasteiger partial charge in [-0.1, -0.05) is 62.0 Å². The number of aliphatic hydroxyl groups is 1. The van der Waals surface area contributed by atoms with E-state index in [1.807, 2.05) is 30.3 Å². The number of Topliss-reactive ketones (excluding diaryl/α,β-unsaturated/α-hetero) is 1. The van der Waals surface area contributed by atoms with Gasteiger partial charge in [0.05, 0.1) is 16.7 Å². The van der Waals surface area contributed by atoms with Crippen molar-refractivity contribution in [2.24, 2.45) is 0 Å². The molecular formula is C22H24N2O3S. The summed E-state index contributed by atoms with van der Waals surface area (Å²) in [7, 11) is 0. The lowest BCUT2D eigenvalue weighted by molar-refractivity contribution is 0.102. The number of nitrogens with zero attached hydrogens (tertiary/aromatic N) is 2. The van der Waals surface area contributed by atoms with Gasteiger partial charge < -0.3 is 5.11 Å². The Morgan fingerprint density at radius 1 is 1.14 bits per heavy atom. The molecule has 6 heteroatoms. The van der Waals surface area contributed by atoms with E-state index in [2.05, 4.69) is 18.8 Å². The van der Waals surface area contributed by atoms with Crippen LogP contribution in [-0.2, 0) is 6.54 Å². The number of hydrogen-bond donors (Lipinski definition) is 1. The summed E-state index contributed by atoms with van der Waals surface area (Å²) in [6, 6.07) is 14.8. The fraction of sp³-hybridized carbons (Fsp3) is 0.318. The zero-order valence-electron chi connectivity index (χ0n) is 16.1. The molecule has 0 spiro atoms. The lowest BCUT2D eigenvalue weighted by Crippen LogP contribution is -2.24. The van der Waals surface area contributed by atoms with E-state index in [0.29, 0.717) is 40.5 Å². The van der Waals surface area contributed by atoms with Crippen molar-refractivity contribution in [1.82, 2.24) is 9.55 Å². The second-order valence-electron chi connectivity index (χ2n) is 6.93. The number of carbonyl (C=O) groups excluding carboxylic acids is 1. The van der Waals surface area contributed by atoms with Crippen LogP contribution >= 0.6 is 11.8 Å². The van der Waals surface area contributed by atoms with E-state index in [0.717, 1.165) is 0 Å². The van der Waals surface area contributed by atoms with E-state index in [1.54, 1.807) is 22.8 Å². The zero-order valence-corrected chi connectivity index (χ0v) is 16.9. The molecule has 1 aromatic heterocycles. The molecule has 28 heavy (non-hydrogen) atoms. The minimum absolute atomic E-state index is 0.00331. The molecule has 0 aliphatic rings. The summed E-state index contributed by atoms with van der Waals surface area (Å²) >= 11 is 1.26. The van der Waals surface area contributed by atoms with Crippen LogP contribution in [0.25, 0.3) is 10.9 Å². The van der Waals surface area contributed by atoms with Gasteiger partial charge in [-0.3, -0.25) is 14.2 Å². The SMILES string of the molecule is CC(C)c1ccc(C(=O)CSc2nc3ccccc3c(=O)n2CCCO)cc1. The quantitative estimate of drug-likeness (QED) is 0.355. The Kier molecular flexibility index (Phi) is 6.65. The summed E-state index contributed by atoms with van der Waals surface area (Å²) in [5.41, 5.74) is 2.32. The Balaban J connectivity index is 1.84. The van der Waals surface area contributed by atoms with Crippen LogP contribution in [0.4, 0.5) is 0 Å². The summed E-state index contributed by atoms with van der Waals surface area (Å²) in [5, 5.41) is 10.2. The molecule has 0 unspecified atom stereocenters. The second-order valence-corrected chi connectivity index (χ2v) is 7.88. The first kappa shape index (κ1) is 20.3. The average Bonchev–Trinajstić information content (AvgIpc) is 2.71. The molecule has 146 valence electrons. The third-order valence-corrected chi connectivity index (χ3v) is 5.57. The van der Waals surface area contributed by atoms with Crippen LogP contribution < -0.4 is 5.56 Å². The Morgan fingerprint density at radius 3 is 2.54 bits per heavy atom. The largest absolute Gasteiger partial charge is 0.396 e. The summed E-state index contributed by atoms with van der Waals surface area (Å²) in [5.74, 6) is 0.614. The maximum absolute atomic E-state index is 12.8. The maximum Gasteiger partial charge on any atom is 0.262 e. The summed E-state index contributed by atoms with van der Waals surface area (Å²) < 4.78 is 1.55. The normalized spacial score (nSPS) is 11.3. The molecule has 0 aliphatic heterocycles. The highest BCUT2D eigenvalue weighted by Crippen LogP contribution is 2.21. The lowest BCUT2D eigenvalue weighted by Gasteiger charge is -2.12. The van der Waals surface area contributed by atoms with Gasteiger partial charge in [0.25, 0.3) is 5.56 Å². The van der Waals surface area contributed by atoms with Gasteiger partial charge in [0.15, 0.2) is 10.9 Å². The van der Waals surface area contributed by atoms with Gasteiger partial charge in [0.2, 0.25) is 0 Å². The molecule has 0 atom stereocenters. The molecule has 2 aromatic carbocycles. The van der Waals surface area contributed by atoms with Gasteiger partial charge in [-0.25, -0.2) is 4.98 Å². The van der Waals surface area contributed by atoms with Crippen LogP contribution in [0.1, 0.15) is 42.1 Å². The molecule has 5 nitrogen and oxygen atoms in total. The first-order valence-corrected chi connectivity index (χ1v) is 10.4. The lowest BCUT2D eigenvalue weighted by atomic mass is 10.0. The fourth-order valence-corrected chi connectivity index (χ4v) is 3.87. The highest BCUT2D eigenvalue weighted by Gasteiger charge is 2.14. The maximum atomic E-state index is 12.8. The van der Waals surface area contributed by atoms with Crippen LogP contribution in [0, 0.1) is 0 Å². The number of aliphatic hydroxyl groups excluding tert-OH is 1. The van der Waals surface area contributed by atoms with Crippen molar-refractivity contribution in [1.29, 1.82) is 0 Å².